The molecule has 0 rings (SSSR count). The lowest BCUT2D eigenvalue weighted by Crippen LogP contribution is -2.34. The lowest BCUT2D eigenvalue weighted by Gasteiger charge is -2.09. The topological polar surface area (TPSA) is 24.1 Å². The molecule has 0 radical (unpaired) electrons. The summed E-state index contributed by atoms with van der Waals surface area (Å²) in [7, 11) is 1.98. The highest BCUT2D eigenvalue weighted by Crippen LogP contribution is 1.75. The Bertz CT molecular complexity index is 55.5. The van der Waals surface area contributed by atoms with Gasteiger partial charge in [-0.05, 0) is 26.9 Å². The first-order chi connectivity index (χ1) is 5.31. The molecule has 1 unspecified atom stereocenters. The molecule has 0 bridgehead atoms. The van der Waals surface area contributed by atoms with E-state index < -0.39 is 0 Å². The van der Waals surface area contributed by atoms with Crippen molar-refractivity contribution in [1.82, 2.24) is 10.6 Å². The molecule has 70 valence electrons. The van der Waals surface area contributed by atoms with Gasteiger partial charge in [0.25, 0.3) is 0 Å². The van der Waals surface area contributed by atoms with Gasteiger partial charge in [0.2, 0.25) is 0 Å². The van der Waals surface area contributed by atoms with Crippen molar-refractivity contribution in [3.8, 4) is 0 Å². The predicted molar refractivity (Wildman–Crippen MR) is 53.0 cm³/mol. The summed E-state index contributed by atoms with van der Waals surface area (Å²) in [5, 5.41) is 6.48. The number of likely N-dealkylation sites (N-methyl/N-ethyl adjacent to an activating group) is 1. The van der Waals surface area contributed by atoms with E-state index >= 15 is 0 Å². The molecule has 0 spiro atoms. The number of hydrogen-bond donors (Lipinski definition) is 2. The fourth-order valence-electron chi connectivity index (χ4n) is 0.597. The van der Waals surface area contributed by atoms with Gasteiger partial charge in [0.15, 0.2) is 0 Å². The summed E-state index contributed by atoms with van der Waals surface area (Å²) < 4.78 is 0. The van der Waals surface area contributed by atoms with Crippen LogP contribution >= 0.6 is 0 Å². The minimum absolute atomic E-state index is 0.594. The van der Waals surface area contributed by atoms with Crippen LogP contribution in [0.15, 0.2) is 0 Å². The number of hydrogen-bond acceptors (Lipinski definition) is 2. The molecule has 2 heteroatoms. The zero-order valence-electron chi connectivity index (χ0n) is 8.70. The molecule has 2 N–H and O–H groups in total. The van der Waals surface area contributed by atoms with Crippen molar-refractivity contribution in [2.45, 2.75) is 40.2 Å². The normalized spacial score (nSPS) is 11.7. The second-order valence-corrected chi connectivity index (χ2v) is 2.39. The number of nitrogens with one attached hydrogen (secondary N) is 2. The Labute approximate surface area is 71.8 Å². The maximum absolute atomic E-state index is 3.32. The van der Waals surface area contributed by atoms with Crippen molar-refractivity contribution < 1.29 is 0 Å². The Kier molecular flexibility index (Phi) is 15.4. The van der Waals surface area contributed by atoms with Gasteiger partial charge in [-0.3, -0.25) is 0 Å². The molecule has 0 saturated heterocycles. The molecule has 0 aliphatic rings. The molecule has 0 amide bonds. The van der Waals surface area contributed by atoms with Crippen LogP contribution in [-0.4, -0.2) is 26.2 Å². The van der Waals surface area contributed by atoms with Gasteiger partial charge in [-0.2, -0.15) is 0 Å². The first-order valence-electron chi connectivity index (χ1n) is 4.69. The predicted octanol–water partition coefficient (Wildman–Crippen LogP) is 1.62. The summed E-state index contributed by atoms with van der Waals surface area (Å²) in [5.41, 5.74) is 0. The maximum Gasteiger partial charge on any atom is 0.0161 e. The Hall–Kier alpha value is -0.0800. The number of rotatable bonds is 5. The van der Waals surface area contributed by atoms with E-state index in [-0.39, 0.29) is 0 Å². The van der Waals surface area contributed by atoms with Crippen LogP contribution in [0.1, 0.15) is 34.1 Å². The first kappa shape index (κ1) is 13.5. The highest BCUT2D eigenvalue weighted by atomic mass is 14.9. The Morgan fingerprint density at radius 3 is 2.18 bits per heavy atom. The third-order valence-corrected chi connectivity index (χ3v) is 1.37. The van der Waals surface area contributed by atoms with E-state index in [1.54, 1.807) is 0 Å². The molecule has 1 atom stereocenters. The summed E-state index contributed by atoms with van der Waals surface area (Å²) in [6.45, 7) is 10.6. The minimum atomic E-state index is 0.594. The fraction of sp³-hybridized carbons (Fsp3) is 1.00. The van der Waals surface area contributed by atoms with E-state index in [4.69, 9.17) is 0 Å². The summed E-state index contributed by atoms with van der Waals surface area (Å²) in [5.74, 6) is 0. The van der Waals surface area contributed by atoms with Crippen LogP contribution in [0.5, 0.6) is 0 Å². The first-order valence-corrected chi connectivity index (χ1v) is 4.69. The third-order valence-electron chi connectivity index (χ3n) is 1.37. The minimum Gasteiger partial charge on any atom is -0.316 e. The fourth-order valence-corrected chi connectivity index (χ4v) is 0.597. The summed E-state index contributed by atoms with van der Waals surface area (Å²) in [6.07, 6.45) is 1.22. The molecule has 0 aliphatic carbocycles. The van der Waals surface area contributed by atoms with E-state index in [1.165, 1.54) is 6.42 Å². The van der Waals surface area contributed by atoms with Crippen LogP contribution in [0.2, 0.25) is 0 Å². The van der Waals surface area contributed by atoms with Gasteiger partial charge in [-0.15, -0.1) is 0 Å². The van der Waals surface area contributed by atoms with Crippen molar-refractivity contribution in [2.24, 2.45) is 0 Å². The molecule has 0 saturated carbocycles. The SMILES string of the molecule is CC.CCCNCC(C)NC. The van der Waals surface area contributed by atoms with Gasteiger partial charge in [0, 0.05) is 12.6 Å². The highest BCUT2D eigenvalue weighted by Gasteiger charge is 1.93. The standard InChI is InChI=1S/C7H18N2.C2H6/c1-4-5-9-6-7(2)8-3;1-2/h7-9H,4-6H2,1-3H3;1-2H3. The van der Waals surface area contributed by atoms with Gasteiger partial charge in [0.1, 0.15) is 0 Å². The molecule has 2 nitrogen and oxygen atoms in total. The smallest absolute Gasteiger partial charge is 0.0161 e. The Morgan fingerprint density at radius 1 is 1.27 bits per heavy atom. The van der Waals surface area contributed by atoms with Crippen molar-refractivity contribution >= 4 is 0 Å². The zero-order chi connectivity index (χ0) is 9.11. The molecule has 0 aromatic carbocycles. The van der Waals surface area contributed by atoms with Crippen LogP contribution in [0.25, 0.3) is 0 Å². The molecular formula is C9H24N2. The highest BCUT2D eigenvalue weighted by molar-refractivity contribution is 4.59. The quantitative estimate of drug-likeness (QED) is 0.597. The molecular weight excluding hydrogens is 136 g/mol. The Morgan fingerprint density at radius 2 is 1.82 bits per heavy atom. The van der Waals surface area contributed by atoms with E-state index in [9.17, 15) is 0 Å². The van der Waals surface area contributed by atoms with Gasteiger partial charge in [0.05, 0.1) is 0 Å². The van der Waals surface area contributed by atoms with E-state index in [1.807, 2.05) is 20.9 Å². The second kappa shape index (κ2) is 12.6. The van der Waals surface area contributed by atoms with Crippen LogP contribution in [0.3, 0.4) is 0 Å². The third kappa shape index (κ3) is 13.0. The van der Waals surface area contributed by atoms with E-state index in [2.05, 4.69) is 24.5 Å². The molecule has 0 aliphatic heterocycles. The van der Waals surface area contributed by atoms with Crippen LogP contribution < -0.4 is 10.6 Å². The molecule has 0 heterocycles. The van der Waals surface area contributed by atoms with Crippen molar-refractivity contribution in [3.05, 3.63) is 0 Å². The van der Waals surface area contributed by atoms with Crippen molar-refractivity contribution in [1.29, 1.82) is 0 Å². The van der Waals surface area contributed by atoms with Crippen LogP contribution in [0, 0.1) is 0 Å². The van der Waals surface area contributed by atoms with Crippen molar-refractivity contribution in [3.63, 3.8) is 0 Å². The summed E-state index contributed by atoms with van der Waals surface area (Å²) in [4.78, 5) is 0. The molecule has 0 aromatic heterocycles. The largest absolute Gasteiger partial charge is 0.316 e. The zero-order valence-corrected chi connectivity index (χ0v) is 8.70. The maximum atomic E-state index is 3.32. The lowest BCUT2D eigenvalue weighted by atomic mass is 10.3. The van der Waals surface area contributed by atoms with E-state index in [0.717, 1.165) is 13.1 Å². The summed E-state index contributed by atoms with van der Waals surface area (Å²) >= 11 is 0. The van der Waals surface area contributed by atoms with Crippen molar-refractivity contribution in [2.75, 3.05) is 20.1 Å². The average Bonchev–Trinajstić information content (AvgIpc) is 2.08. The van der Waals surface area contributed by atoms with Gasteiger partial charge < -0.3 is 10.6 Å². The van der Waals surface area contributed by atoms with Gasteiger partial charge in [-0.1, -0.05) is 20.8 Å². The second-order valence-electron chi connectivity index (χ2n) is 2.39. The average molecular weight is 160 g/mol. The lowest BCUT2D eigenvalue weighted by molar-refractivity contribution is 0.540. The summed E-state index contributed by atoms with van der Waals surface area (Å²) in [6, 6.07) is 0.594. The van der Waals surface area contributed by atoms with Gasteiger partial charge in [-0.25, -0.2) is 0 Å². The molecule has 0 fully saturated rings. The Balaban J connectivity index is 0. The monoisotopic (exact) mass is 160 g/mol. The van der Waals surface area contributed by atoms with E-state index in [0.29, 0.717) is 6.04 Å². The van der Waals surface area contributed by atoms with Crippen LogP contribution in [-0.2, 0) is 0 Å². The molecule has 11 heavy (non-hydrogen) atoms. The van der Waals surface area contributed by atoms with Crippen LogP contribution in [0.4, 0.5) is 0 Å². The molecule has 0 aromatic rings. The van der Waals surface area contributed by atoms with Gasteiger partial charge >= 0.3 is 0 Å².